The van der Waals surface area contributed by atoms with Crippen LogP contribution in [0.1, 0.15) is 19.8 Å². The van der Waals surface area contributed by atoms with Crippen molar-refractivity contribution < 1.29 is 0 Å². The minimum atomic E-state index is 0.686. The van der Waals surface area contributed by atoms with Gasteiger partial charge in [-0.15, -0.1) is 0 Å². The Morgan fingerprint density at radius 2 is 2.38 bits per heavy atom. The van der Waals surface area contributed by atoms with Crippen LogP contribution in [0.5, 0.6) is 0 Å². The number of nitrogens with zero attached hydrogens (tertiary/aromatic N) is 1. The minimum absolute atomic E-state index is 0.686. The number of anilines is 2. The third-order valence-corrected chi connectivity index (χ3v) is 2.14. The maximum atomic E-state index is 5.75. The summed E-state index contributed by atoms with van der Waals surface area (Å²) in [5, 5.41) is 3.18. The molecule has 0 aliphatic carbocycles. The molecule has 13 heavy (non-hydrogen) atoms. The molecule has 0 saturated carbocycles. The molecule has 1 heterocycles. The molecular weight excluding hydrogens is 230 g/mol. The molecule has 0 saturated heterocycles. The second-order valence-corrected chi connectivity index (χ2v) is 3.79. The molecule has 3 nitrogen and oxygen atoms in total. The number of aromatic nitrogens is 1. The summed E-state index contributed by atoms with van der Waals surface area (Å²) in [4.78, 5) is 4.17. The number of pyridine rings is 1. The number of nitrogens with one attached hydrogen (secondary N) is 1. The SMILES string of the molecule is CCCCNc1ncc(Br)cc1N. The Kier molecular flexibility index (Phi) is 4.02. The van der Waals surface area contributed by atoms with Gasteiger partial charge in [-0.3, -0.25) is 0 Å². The predicted octanol–water partition coefficient (Wildman–Crippen LogP) is 2.64. The number of nitrogens with two attached hydrogens (primary N) is 1. The van der Waals surface area contributed by atoms with Crippen LogP contribution in [-0.2, 0) is 0 Å². The second-order valence-electron chi connectivity index (χ2n) is 2.87. The number of nitrogen functional groups attached to an aromatic ring is 1. The van der Waals surface area contributed by atoms with Crippen molar-refractivity contribution in [1.29, 1.82) is 0 Å². The maximum Gasteiger partial charge on any atom is 0.149 e. The van der Waals surface area contributed by atoms with Crippen molar-refractivity contribution in [2.75, 3.05) is 17.6 Å². The summed E-state index contributed by atoms with van der Waals surface area (Å²) < 4.78 is 0.908. The lowest BCUT2D eigenvalue weighted by Gasteiger charge is -2.07. The highest BCUT2D eigenvalue weighted by atomic mass is 79.9. The zero-order valence-corrected chi connectivity index (χ0v) is 9.26. The van der Waals surface area contributed by atoms with Gasteiger partial charge in [0.05, 0.1) is 5.69 Å². The molecule has 0 spiro atoms. The van der Waals surface area contributed by atoms with E-state index in [1.165, 1.54) is 6.42 Å². The average Bonchev–Trinajstić information content (AvgIpc) is 2.09. The number of hydrogen-bond donors (Lipinski definition) is 2. The van der Waals surface area contributed by atoms with E-state index in [9.17, 15) is 0 Å². The van der Waals surface area contributed by atoms with E-state index in [1.807, 2.05) is 6.07 Å². The van der Waals surface area contributed by atoms with Crippen molar-refractivity contribution in [2.45, 2.75) is 19.8 Å². The first kappa shape index (κ1) is 10.3. The van der Waals surface area contributed by atoms with Gasteiger partial charge in [0.2, 0.25) is 0 Å². The van der Waals surface area contributed by atoms with Gasteiger partial charge in [0.25, 0.3) is 0 Å². The fourth-order valence-electron chi connectivity index (χ4n) is 0.986. The van der Waals surface area contributed by atoms with E-state index in [2.05, 4.69) is 33.2 Å². The van der Waals surface area contributed by atoms with E-state index < -0.39 is 0 Å². The molecule has 0 atom stereocenters. The summed E-state index contributed by atoms with van der Waals surface area (Å²) in [6, 6.07) is 1.85. The number of rotatable bonds is 4. The number of unbranched alkanes of at least 4 members (excludes halogenated alkanes) is 1. The molecule has 0 fully saturated rings. The molecule has 3 N–H and O–H groups in total. The van der Waals surface area contributed by atoms with E-state index in [4.69, 9.17) is 5.73 Å². The lowest BCUT2D eigenvalue weighted by molar-refractivity contribution is 0.831. The zero-order chi connectivity index (χ0) is 9.68. The highest BCUT2D eigenvalue weighted by molar-refractivity contribution is 9.10. The highest BCUT2D eigenvalue weighted by Gasteiger charge is 1.99. The molecule has 0 unspecified atom stereocenters. The Morgan fingerprint density at radius 3 is 3.00 bits per heavy atom. The first-order valence-electron chi connectivity index (χ1n) is 4.39. The third-order valence-electron chi connectivity index (χ3n) is 1.71. The number of hydrogen-bond acceptors (Lipinski definition) is 3. The van der Waals surface area contributed by atoms with Crippen LogP contribution in [0.25, 0.3) is 0 Å². The monoisotopic (exact) mass is 243 g/mol. The molecule has 0 aliphatic heterocycles. The molecule has 0 radical (unpaired) electrons. The predicted molar refractivity (Wildman–Crippen MR) is 59.7 cm³/mol. The van der Waals surface area contributed by atoms with Gasteiger partial charge in [-0.25, -0.2) is 4.98 Å². The van der Waals surface area contributed by atoms with E-state index in [0.717, 1.165) is 23.3 Å². The lowest BCUT2D eigenvalue weighted by Crippen LogP contribution is -2.05. The topological polar surface area (TPSA) is 50.9 Å². The smallest absolute Gasteiger partial charge is 0.149 e. The summed E-state index contributed by atoms with van der Waals surface area (Å²) in [6.45, 7) is 3.08. The van der Waals surface area contributed by atoms with Gasteiger partial charge < -0.3 is 11.1 Å². The van der Waals surface area contributed by atoms with Crippen LogP contribution >= 0.6 is 15.9 Å². The largest absolute Gasteiger partial charge is 0.396 e. The molecule has 0 bridgehead atoms. The van der Waals surface area contributed by atoms with Crippen molar-refractivity contribution in [2.24, 2.45) is 0 Å². The Morgan fingerprint density at radius 1 is 1.62 bits per heavy atom. The van der Waals surface area contributed by atoms with Crippen LogP contribution in [0.15, 0.2) is 16.7 Å². The Bertz CT molecular complexity index is 276. The quantitative estimate of drug-likeness (QED) is 0.800. The molecule has 0 aromatic carbocycles. The van der Waals surface area contributed by atoms with Crippen molar-refractivity contribution in [3.05, 3.63) is 16.7 Å². The summed E-state index contributed by atoms with van der Waals surface area (Å²) in [7, 11) is 0. The van der Waals surface area contributed by atoms with Gasteiger partial charge in [-0.2, -0.15) is 0 Å². The first-order valence-corrected chi connectivity index (χ1v) is 5.18. The third kappa shape index (κ3) is 3.22. The Balaban J connectivity index is 2.56. The lowest BCUT2D eigenvalue weighted by atomic mass is 10.3. The van der Waals surface area contributed by atoms with Crippen LogP contribution < -0.4 is 11.1 Å². The van der Waals surface area contributed by atoms with Crippen molar-refractivity contribution in [3.8, 4) is 0 Å². The molecule has 1 rings (SSSR count). The minimum Gasteiger partial charge on any atom is -0.396 e. The summed E-state index contributed by atoms with van der Waals surface area (Å²) in [5.74, 6) is 0.775. The Hall–Kier alpha value is -0.770. The van der Waals surface area contributed by atoms with E-state index in [0.29, 0.717) is 5.69 Å². The molecule has 1 aromatic heterocycles. The average molecular weight is 244 g/mol. The molecule has 0 amide bonds. The van der Waals surface area contributed by atoms with E-state index in [1.54, 1.807) is 6.20 Å². The van der Waals surface area contributed by atoms with E-state index >= 15 is 0 Å². The van der Waals surface area contributed by atoms with Gasteiger partial charge in [0.15, 0.2) is 0 Å². The summed E-state index contributed by atoms with van der Waals surface area (Å²) in [6.07, 6.45) is 4.05. The van der Waals surface area contributed by atoms with Gasteiger partial charge in [-0.1, -0.05) is 13.3 Å². The van der Waals surface area contributed by atoms with Crippen LogP contribution in [0.3, 0.4) is 0 Å². The van der Waals surface area contributed by atoms with Crippen molar-refractivity contribution in [1.82, 2.24) is 4.98 Å². The maximum absolute atomic E-state index is 5.75. The van der Waals surface area contributed by atoms with Crippen molar-refractivity contribution >= 4 is 27.4 Å². The molecule has 4 heteroatoms. The van der Waals surface area contributed by atoms with E-state index in [-0.39, 0.29) is 0 Å². The first-order chi connectivity index (χ1) is 6.24. The standard InChI is InChI=1S/C9H14BrN3/c1-2-3-4-12-9-8(11)5-7(10)6-13-9/h5-6H,2-4,11H2,1H3,(H,12,13). The Labute approximate surface area is 86.9 Å². The molecular formula is C9H14BrN3. The highest BCUT2D eigenvalue weighted by Crippen LogP contribution is 2.19. The van der Waals surface area contributed by atoms with Gasteiger partial charge in [0.1, 0.15) is 5.82 Å². The second kappa shape index (κ2) is 5.07. The van der Waals surface area contributed by atoms with Crippen molar-refractivity contribution in [3.63, 3.8) is 0 Å². The molecule has 0 aliphatic rings. The van der Waals surface area contributed by atoms with Gasteiger partial charge in [0, 0.05) is 17.2 Å². The molecule has 72 valence electrons. The fourth-order valence-corrected chi connectivity index (χ4v) is 1.34. The molecule has 1 aromatic rings. The summed E-state index contributed by atoms with van der Waals surface area (Å²) >= 11 is 3.31. The summed E-state index contributed by atoms with van der Waals surface area (Å²) in [5.41, 5.74) is 6.43. The van der Waals surface area contributed by atoms with Gasteiger partial charge >= 0.3 is 0 Å². The zero-order valence-electron chi connectivity index (χ0n) is 7.68. The fraction of sp³-hybridized carbons (Fsp3) is 0.444. The van der Waals surface area contributed by atoms with Crippen LogP contribution in [0, 0.1) is 0 Å². The van der Waals surface area contributed by atoms with Gasteiger partial charge in [-0.05, 0) is 28.4 Å². The number of halogens is 1. The van der Waals surface area contributed by atoms with Crippen LogP contribution in [0.4, 0.5) is 11.5 Å². The van der Waals surface area contributed by atoms with Crippen LogP contribution in [-0.4, -0.2) is 11.5 Å². The normalized spacial score (nSPS) is 10.0. The van der Waals surface area contributed by atoms with Crippen LogP contribution in [0.2, 0.25) is 0 Å².